The standard InChI is InChI=1S/C10H11N3/c1-11-9-4-2-3-8(7-9)10-5-6-12-13-10/h2-7,11H,1H3,(H,12,13). The van der Waals surface area contributed by atoms with Crippen molar-refractivity contribution in [2.24, 2.45) is 0 Å². The van der Waals surface area contributed by atoms with Crippen LogP contribution in [0, 0.1) is 0 Å². The molecule has 66 valence electrons. The molecule has 0 atom stereocenters. The van der Waals surface area contributed by atoms with E-state index in [1.54, 1.807) is 0 Å². The second kappa shape index (κ2) is 3.31. The molecule has 0 aliphatic heterocycles. The predicted molar refractivity (Wildman–Crippen MR) is 53.6 cm³/mol. The summed E-state index contributed by atoms with van der Waals surface area (Å²) < 4.78 is 0. The first kappa shape index (κ1) is 7.86. The highest BCUT2D eigenvalue weighted by Crippen LogP contribution is 2.19. The van der Waals surface area contributed by atoms with E-state index in [1.165, 1.54) is 0 Å². The Morgan fingerprint density at radius 1 is 1.31 bits per heavy atom. The Balaban J connectivity index is 2.41. The summed E-state index contributed by atoms with van der Waals surface area (Å²) in [7, 11) is 1.91. The number of nitrogens with one attached hydrogen (secondary N) is 2. The second-order valence-corrected chi connectivity index (χ2v) is 2.79. The van der Waals surface area contributed by atoms with Crippen molar-refractivity contribution in [1.29, 1.82) is 0 Å². The summed E-state index contributed by atoms with van der Waals surface area (Å²) in [5.41, 5.74) is 3.19. The zero-order chi connectivity index (χ0) is 9.10. The van der Waals surface area contributed by atoms with Crippen LogP contribution in [0.4, 0.5) is 5.69 Å². The van der Waals surface area contributed by atoms with Crippen molar-refractivity contribution in [3.63, 3.8) is 0 Å². The highest BCUT2D eigenvalue weighted by atomic mass is 15.1. The van der Waals surface area contributed by atoms with Crippen LogP contribution in [0.1, 0.15) is 0 Å². The van der Waals surface area contributed by atoms with E-state index in [-0.39, 0.29) is 0 Å². The van der Waals surface area contributed by atoms with Crippen LogP contribution in [0.15, 0.2) is 36.5 Å². The molecule has 0 spiro atoms. The molecule has 0 fully saturated rings. The van der Waals surface area contributed by atoms with Gasteiger partial charge in [-0.25, -0.2) is 0 Å². The highest BCUT2D eigenvalue weighted by molar-refractivity contribution is 5.64. The first-order valence-corrected chi connectivity index (χ1v) is 4.18. The molecule has 2 rings (SSSR count). The van der Waals surface area contributed by atoms with E-state index in [0.717, 1.165) is 16.9 Å². The van der Waals surface area contributed by atoms with Gasteiger partial charge in [0, 0.05) is 24.5 Å². The molecule has 3 heteroatoms. The molecule has 2 aromatic rings. The number of nitrogens with zero attached hydrogens (tertiary/aromatic N) is 1. The van der Waals surface area contributed by atoms with E-state index < -0.39 is 0 Å². The SMILES string of the molecule is CNc1cccc(-c2cc[nH]n2)c1. The van der Waals surface area contributed by atoms with Crippen LogP contribution in [0.2, 0.25) is 0 Å². The van der Waals surface area contributed by atoms with Crippen LogP contribution in [-0.2, 0) is 0 Å². The van der Waals surface area contributed by atoms with Gasteiger partial charge in [0.2, 0.25) is 0 Å². The number of benzene rings is 1. The molecule has 0 aliphatic rings. The van der Waals surface area contributed by atoms with Crippen molar-refractivity contribution in [2.75, 3.05) is 12.4 Å². The number of hydrogen-bond donors (Lipinski definition) is 2. The summed E-state index contributed by atoms with van der Waals surface area (Å²) >= 11 is 0. The van der Waals surface area contributed by atoms with Gasteiger partial charge in [0.15, 0.2) is 0 Å². The number of anilines is 1. The summed E-state index contributed by atoms with van der Waals surface area (Å²) in [4.78, 5) is 0. The van der Waals surface area contributed by atoms with E-state index in [9.17, 15) is 0 Å². The average molecular weight is 173 g/mol. The molecule has 0 saturated heterocycles. The lowest BCUT2D eigenvalue weighted by atomic mass is 10.1. The minimum atomic E-state index is 0.970. The molecule has 0 amide bonds. The monoisotopic (exact) mass is 173 g/mol. The Labute approximate surface area is 76.8 Å². The van der Waals surface area contributed by atoms with Gasteiger partial charge in [0.25, 0.3) is 0 Å². The normalized spacial score (nSPS) is 9.92. The van der Waals surface area contributed by atoms with Crippen molar-refractivity contribution in [3.05, 3.63) is 36.5 Å². The van der Waals surface area contributed by atoms with Crippen LogP contribution in [-0.4, -0.2) is 17.2 Å². The summed E-state index contributed by atoms with van der Waals surface area (Å²) in [6.07, 6.45) is 1.82. The molecule has 1 aromatic carbocycles. The molecule has 3 nitrogen and oxygen atoms in total. The quantitative estimate of drug-likeness (QED) is 0.730. The van der Waals surface area contributed by atoms with E-state index in [1.807, 2.05) is 37.5 Å². The van der Waals surface area contributed by atoms with Gasteiger partial charge in [0.1, 0.15) is 0 Å². The number of hydrogen-bond acceptors (Lipinski definition) is 2. The van der Waals surface area contributed by atoms with Gasteiger partial charge in [-0.2, -0.15) is 5.10 Å². The van der Waals surface area contributed by atoms with Gasteiger partial charge < -0.3 is 5.32 Å². The molecule has 0 bridgehead atoms. The molecular weight excluding hydrogens is 162 g/mol. The van der Waals surface area contributed by atoms with Gasteiger partial charge in [-0.3, -0.25) is 5.10 Å². The zero-order valence-corrected chi connectivity index (χ0v) is 7.41. The molecule has 13 heavy (non-hydrogen) atoms. The van der Waals surface area contributed by atoms with Crippen LogP contribution >= 0.6 is 0 Å². The third-order valence-electron chi connectivity index (χ3n) is 1.95. The fraction of sp³-hybridized carbons (Fsp3) is 0.100. The molecule has 0 unspecified atom stereocenters. The number of aromatic nitrogens is 2. The van der Waals surface area contributed by atoms with Crippen LogP contribution < -0.4 is 5.32 Å². The Bertz CT molecular complexity index is 379. The third kappa shape index (κ3) is 1.54. The van der Waals surface area contributed by atoms with Crippen LogP contribution in [0.3, 0.4) is 0 Å². The Morgan fingerprint density at radius 3 is 2.92 bits per heavy atom. The Morgan fingerprint density at radius 2 is 2.23 bits per heavy atom. The first-order valence-electron chi connectivity index (χ1n) is 4.18. The van der Waals surface area contributed by atoms with Gasteiger partial charge in [-0.1, -0.05) is 12.1 Å². The highest BCUT2D eigenvalue weighted by Gasteiger charge is 1.98. The summed E-state index contributed by atoms with van der Waals surface area (Å²) in [5.74, 6) is 0. The van der Waals surface area contributed by atoms with Crippen molar-refractivity contribution in [3.8, 4) is 11.3 Å². The smallest absolute Gasteiger partial charge is 0.0921 e. The molecule has 1 heterocycles. The molecule has 1 aromatic heterocycles. The van der Waals surface area contributed by atoms with Crippen molar-refractivity contribution < 1.29 is 0 Å². The van der Waals surface area contributed by atoms with Crippen LogP contribution in [0.25, 0.3) is 11.3 Å². The minimum absolute atomic E-state index is 0.970. The molecule has 0 radical (unpaired) electrons. The fourth-order valence-electron chi connectivity index (χ4n) is 1.26. The minimum Gasteiger partial charge on any atom is -0.388 e. The lowest BCUT2D eigenvalue weighted by Crippen LogP contribution is -1.87. The zero-order valence-electron chi connectivity index (χ0n) is 7.41. The van der Waals surface area contributed by atoms with Crippen LogP contribution in [0.5, 0.6) is 0 Å². The molecule has 0 aliphatic carbocycles. The van der Waals surface area contributed by atoms with Gasteiger partial charge in [-0.15, -0.1) is 0 Å². The lowest BCUT2D eigenvalue weighted by Gasteiger charge is -2.01. The molecular formula is C10H11N3. The Kier molecular flexibility index (Phi) is 2.00. The largest absolute Gasteiger partial charge is 0.388 e. The van der Waals surface area contributed by atoms with E-state index in [4.69, 9.17) is 0 Å². The van der Waals surface area contributed by atoms with E-state index >= 15 is 0 Å². The topological polar surface area (TPSA) is 40.7 Å². The van der Waals surface area contributed by atoms with Gasteiger partial charge in [0.05, 0.1) is 5.69 Å². The average Bonchev–Trinajstić information content (AvgIpc) is 2.71. The summed E-state index contributed by atoms with van der Waals surface area (Å²) in [5, 5.41) is 10.00. The van der Waals surface area contributed by atoms with E-state index in [0.29, 0.717) is 0 Å². The first-order chi connectivity index (χ1) is 6.40. The molecule has 0 saturated carbocycles. The number of H-pyrrole nitrogens is 1. The number of rotatable bonds is 2. The Hall–Kier alpha value is -1.77. The second-order valence-electron chi connectivity index (χ2n) is 2.79. The van der Waals surface area contributed by atoms with Gasteiger partial charge in [-0.05, 0) is 18.2 Å². The lowest BCUT2D eigenvalue weighted by molar-refractivity contribution is 1.10. The summed E-state index contributed by atoms with van der Waals surface area (Å²) in [6, 6.07) is 10.1. The third-order valence-corrected chi connectivity index (χ3v) is 1.95. The predicted octanol–water partition coefficient (Wildman–Crippen LogP) is 2.12. The maximum Gasteiger partial charge on any atom is 0.0921 e. The maximum atomic E-state index is 4.11. The van der Waals surface area contributed by atoms with Crippen molar-refractivity contribution in [2.45, 2.75) is 0 Å². The maximum absolute atomic E-state index is 4.11. The van der Waals surface area contributed by atoms with Crippen molar-refractivity contribution >= 4 is 5.69 Å². The van der Waals surface area contributed by atoms with Gasteiger partial charge >= 0.3 is 0 Å². The van der Waals surface area contributed by atoms with E-state index in [2.05, 4.69) is 21.6 Å². The number of aromatic amines is 1. The molecule has 2 N–H and O–H groups in total. The summed E-state index contributed by atoms with van der Waals surface area (Å²) in [6.45, 7) is 0. The fourth-order valence-corrected chi connectivity index (χ4v) is 1.26. The van der Waals surface area contributed by atoms with Crippen molar-refractivity contribution in [1.82, 2.24) is 10.2 Å².